The zero-order valence-corrected chi connectivity index (χ0v) is 7.63. The Morgan fingerprint density at radius 2 is 2.17 bits per heavy atom. The van der Waals surface area contributed by atoms with Crippen LogP contribution in [0.4, 0.5) is 0 Å². The van der Waals surface area contributed by atoms with Crippen molar-refractivity contribution in [2.24, 2.45) is 0 Å². The van der Waals surface area contributed by atoms with Crippen molar-refractivity contribution >= 4 is 0 Å². The lowest BCUT2D eigenvalue weighted by Gasteiger charge is -2.22. The lowest BCUT2D eigenvalue weighted by Crippen LogP contribution is -2.18. The van der Waals surface area contributed by atoms with Gasteiger partial charge in [0.05, 0.1) is 12.7 Å². The van der Waals surface area contributed by atoms with E-state index in [1.165, 1.54) is 16.7 Å². The van der Waals surface area contributed by atoms with E-state index >= 15 is 0 Å². The topological polar surface area (TPSA) is 9.23 Å². The summed E-state index contributed by atoms with van der Waals surface area (Å²) < 4.78 is 5.56. The number of ether oxygens (including phenoxy) is 1. The number of aryl methyl sites for hydroxylation is 1. The number of rotatable bonds is 0. The minimum absolute atomic E-state index is 0.389. The summed E-state index contributed by atoms with van der Waals surface area (Å²) in [6, 6.07) is 6.63. The van der Waals surface area contributed by atoms with Crippen molar-refractivity contribution in [1.82, 2.24) is 0 Å². The first-order chi connectivity index (χ1) is 5.75. The molecule has 0 saturated carbocycles. The maximum atomic E-state index is 5.56. The Balaban J connectivity index is 2.37. The molecule has 0 N–H and O–H groups in total. The molecule has 1 aromatic rings. The first-order valence-corrected chi connectivity index (χ1v) is 4.46. The molecule has 0 aromatic heterocycles. The van der Waals surface area contributed by atoms with Gasteiger partial charge in [0.25, 0.3) is 0 Å². The van der Waals surface area contributed by atoms with Crippen molar-refractivity contribution in [2.75, 3.05) is 0 Å². The first-order valence-electron chi connectivity index (χ1n) is 4.46. The fraction of sp³-hybridized carbons (Fsp3) is 0.455. The van der Waals surface area contributed by atoms with Crippen LogP contribution in [-0.2, 0) is 17.8 Å². The summed E-state index contributed by atoms with van der Waals surface area (Å²) >= 11 is 0. The lowest BCUT2D eigenvalue weighted by atomic mass is 9.98. The Morgan fingerprint density at radius 1 is 1.33 bits per heavy atom. The van der Waals surface area contributed by atoms with Gasteiger partial charge in [0.15, 0.2) is 0 Å². The largest absolute Gasteiger partial charge is 0.373 e. The molecule has 1 heteroatoms. The fourth-order valence-electron chi connectivity index (χ4n) is 1.69. The predicted octanol–water partition coefficient (Wildman–Crippen LogP) is 2.46. The van der Waals surface area contributed by atoms with Gasteiger partial charge in [0, 0.05) is 0 Å². The molecule has 1 aromatic carbocycles. The standard InChI is InChI=1S/C11H14O/c1-8-3-4-10-6-9(2)12-7-11(10)5-8/h3-5,9H,6-7H2,1-2H3. The zero-order valence-electron chi connectivity index (χ0n) is 7.63. The second kappa shape index (κ2) is 2.91. The van der Waals surface area contributed by atoms with Crippen molar-refractivity contribution in [3.63, 3.8) is 0 Å². The van der Waals surface area contributed by atoms with E-state index < -0.39 is 0 Å². The summed E-state index contributed by atoms with van der Waals surface area (Å²) in [6.07, 6.45) is 1.45. The van der Waals surface area contributed by atoms with Gasteiger partial charge in [-0.15, -0.1) is 0 Å². The lowest BCUT2D eigenvalue weighted by molar-refractivity contribution is 0.0410. The van der Waals surface area contributed by atoms with Crippen LogP contribution in [0.1, 0.15) is 23.6 Å². The molecule has 1 aliphatic rings. The molecule has 1 heterocycles. The highest BCUT2D eigenvalue weighted by molar-refractivity contribution is 5.32. The van der Waals surface area contributed by atoms with Crippen LogP contribution in [0.25, 0.3) is 0 Å². The Morgan fingerprint density at radius 3 is 3.00 bits per heavy atom. The van der Waals surface area contributed by atoms with E-state index in [9.17, 15) is 0 Å². The van der Waals surface area contributed by atoms with Gasteiger partial charge in [0.2, 0.25) is 0 Å². The number of fused-ring (bicyclic) bond motifs is 1. The van der Waals surface area contributed by atoms with Crippen molar-refractivity contribution in [3.8, 4) is 0 Å². The monoisotopic (exact) mass is 162 g/mol. The minimum atomic E-state index is 0.389. The molecule has 2 rings (SSSR count). The highest BCUT2D eigenvalue weighted by atomic mass is 16.5. The van der Waals surface area contributed by atoms with Gasteiger partial charge in [-0.2, -0.15) is 0 Å². The van der Waals surface area contributed by atoms with E-state index in [-0.39, 0.29) is 0 Å². The van der Waals surface area contributed by atoms with Crippen LogP contribution in [-0.4, -0.2) is 6.10 Å². The smallest absolute Gasteiger partial charge is 0.0723 e. The summed E-state index contributed by atoms with van der Waals surface area (Å²) in [5.41, 5.74) is 4.15. The Bertz CT molecular complexity index is 291. The molecule has 12 heavy (non-hydrogen) atoms. The van der Waals surface area contributed by atoms with Gasteiger partial charge in [-0.25, -0.2) is 0 Å². The molecule has 1 nitrogen and oxygen atoms in total. The van der Waals surface area contributed by atoms with E-state index in [1.807, 2.05) is 0 Å². The number of benzene rings is 1. The summed E-state index contributed by atoms with van der Waals surface area (Å²) in [7, 11) is 0. The molecule has 0 spiro atoms. The molecule has 0 amide bonds. The van der Waals surface area contributed by atoms with Crippen LogP contribution < -0.4 is 0 Å². The Hall–Kier alpha value is -0.820. The predicted molar refractivity (Wildman–Crippen MR) is 49.1 cm³/mol. The van der Waals surface area contributed by atoms with E-state index in [0.29, 0.717) is 6.10 Å². The number of hydrogen-bond donors (Lipinski definition) is 0. The quantitative estimate of drug-likeness (QED) is 0.569. The maximum Gasteiger partial charge on any atom is 0.0723 e. The van der Waals surface area contributed by atoms with Crippen LogP contribution in [0, 0.1) is 6.92 Å². The molecule has 64 valence electrons. The van der Waals surface area contributed by atoms with E-state index in [4.69, 9.17) is 4.74 Å². The molecule has 0 saturated heterocycles. The molecule has 1 unspecified atom stereocenters. The second-order valence-electron chi connectivity index (χ2n) is 3.60. The van der Waals surface area contributed by atoms with Crippen LogP contribution in [0.5, 0.6) is 0 Å². The zero-order chi connectivity index (χ0) is 8.55. The van der Waals surface area contributed by atoms with Crippen LogP contribution in [0.3, 0.4) is 0 Å². The van der Waals surface area contributed by atoms with Gasteiger partial charge < -0.3 is 4.74 Å². The molecule has 1 aliphatic heterocycles. The van der Waals surface area contributed by atoms with Crippen LogP contribution in [0.15, 0.2) is 18.2 Å². The molecular weight excluding hydrogens is 148 g/mol. The van der Waals surface area contributed by atoms with Crippen molar-refractivity contribution < 1.29 is 4.74 Å². The summed E-state index contributed by atoms with van der Waals surface area (Å²) in [4.78, 5) is 0. The molecule has 0 radical (unpaired) electrons. The SMILES string of the molecule is Cc1ccc2c(c1)COC(C)C2. The third kappa shape index (κ3) is 1.37. The minimum Gasteiger partial charge on any atom is -0.373 e. The third-order valence-electron chi connectivity index (χ3n) is 2.39. The third-order valence-corrected chi connectivity index (χ3v) is 2.39. The average Bonchev–Trinajstić information content (AvgIpc) is 2.05. The highest BCUT2D eigenvalue weighted by Crippen LogP contribution is 2.21. The molecule has 0 aliphatic carbocycles. The molecule has 0 bridgehead atoms. The number of hydrogen-bond acceptors (Lipinski definition) is 1. The summed E-state index contributed by atoms with van der Waals surface area (Å²) in [6.45, 7) is 5.04. The van der Waals surface area contributed by atoms with E-state index in [2.05, 4.69) is 32.0 Å². The van der Waals surface area contributed by atoms with Crippen LogP contribution in [0.2, 0.25) is 0 Å². The fourth-order valence-corrected chi connectivity index (χ4v) is 1.69. The van der Waals surface area contributed by atoms with Gasteiger partial charge >= 0.3 is 0 Å². The van der Waals surface area contributed by atoms with Crippen LogP contribution >= 0.6 is 0 Å². The van der Waals surface area contributed by atoms with Gasteiger partial charge in [-0.3, -0.25) is 0 Å². The van der Waals surface area contributed by atoms with Crippen molar-refractivity contribution in [2.45, 2.75) is 33.0 Å². The van der Waals surface area contributed by atoms with Gasteiger partial charge in [0.1, 0.15) is 0 Å². The summed E-state index contributed by atoms with van der Waals surface area (Å²) in [5, 5.41) is 0. The molecular formula is C11H14O. The first kappa shape index (κ1) is 7.81. The van der Waals surface area contributed by atoms with E-state index in [1.54, 1.807) is 0 Å². The van der Waals surface area contributed by atoms with Gasteiger partial charge in [-0.05, 0) is 31.4 Å². The highest BCUT2D eigenvalue weighted by Gasteiger charge is 2.14. The maximum absolute atomic E-state index is 5.56. The van der Waals surface area contributed by atoms with E-state index in [0.717, 1.165) is 13.0 Å². The van der Waals surface area contributed by atoms with Gasteiger partial charge in [-0.1, -0.05) is 23.8 Å². The summed E-state index contributed by atoms with van der Waals surface area (Å²) in [5.74, 6) is 0. The molecule has 0 fully saturated rings. The van der Waals surface area contributed by atoms with Crippen molar-refractivity contribution in [1.29, 1.82) is 0 Å². The average molecular weight is 162 g/mol. The molecule has 1 atom stereocenters. The Labute approximate surface area is 73.4 Å². The normalized spacial score (nSPS) is 22.0. The second-order valence-corrected chi connectivity index (χ2v) is 3.60. The van der Waals surface area contributed by atoms with Crippen molar-refractivity contribution in [3.05, 3.63) is 34.9 Å². The Kier molecular flexibility index (Phi) is 1.89.